The van der Waals surface area contributed by atoms with E-state index in [1.54, 1.807) is 0 Å². The molecule has 1 amide bonds. The van der Waals surface area contributed by atoms with Gasteiger partial charge in [-0.15, -0.1) is 0 Å². The molecule has 1 rings (SSSR count). The van der Waals surface area contributed by atoms with Crippen LogP contribution in [0.5, 0.6) is 0 Å². The zero-order valence-corrected chi connectivity index (χ0v) is 10.1. The lowest BCUT2D eigenvalue weighted by Gasteiger charge is -2.20. The number of alkyl halides is 5. The summed E-state index contributed by atoms with van der Waals surface area (Å²) in [6.45, 7) is 0. The fraction of sp³-hybridized carbons (Fsp3) is 0.333. The van der Waals surface area contributed by atoms with E-state index in [2.05, 4.69) is 4.98 Å². The average molecular weight is 304 g/mol. The Morgan fingerprint density at radius 3 is 2.26 bits per heavy atom. The van der Waals surface area contributed by atoms with Gasteiger partial charge in [-0.2, -0.15) is 22.0 Å². The van der Waals surface area contributed by atoms with E-state index in [0.717, 1.165) is 7.05 Å². The minimum absolute atomic E-state index is 0.0929. The molecule has 0 saturated carbocycles. The number of hydrogen-bond donors (Lipinski definition) is 1. The Hall–Kier alpha value is -1.48. The monoisotopic (exact) mass is 303 g/mol. The molecule has 19 heavy (non-hydrogen) atoms. The van der Waals surface area contributed by atoms with Gasteiger partial charge in [0.25, 0.3) is 0 Å². The molecule has 0 fully saturated rings. The highest BCUT2D eigenvalue weighted by Gasteiger charge is 2.46. The van der Waals surface area contributed by atoms with E-state index in [-0.39, 0.29) is 17.3 Å². The highest BCUT2D eigenvalue weighted by atomic mass is 35.5. The summed E-state index contributed by atoms with van der Waals surface area (Å²) in [5.41, 5.74) is -2.59. The van der Waals surface area contributed by atoms with Gasteiger partial charge in [-0.05, 0) is 6.07 Å². The quantitative estimate of drug-likeness (QED) is 0.394. The van der Waals surface area contributed by atoms with E-state index in [4.69, 9.17) is 17.4 Å². The number of carbonyl (C=O) groups excluding carboxylic acids is 1. The number of hydrogen-bond acceptors (Lipinski definition) is 3. The SMILES string of the molecule is CN(N)C(=O)C(F)(F)c1ncc(C(F)(F)F)cc1Cl. The maximum absolute atomic E-state index is 13.6. The van der Waals surface area contributed by atoms with Crippen molar-refractivity contribution in [2.75, 3.05) is 7.05 Å². The Bertz CT molecular complexity index is 503. The van der Waals surface area contributed by atoms with Crippen molar-refractivity contribution in [2.45, 2.75) is 12.1 Å². The summed E-state index contributed by atoms with van der Waals surface area (Å²) in [6, 6.07) is 0.265. The van der Waals surface area contributed by atoms with Crippen LogP contribution in [0, 0.1) is 0 Å². The number of rotatable bonds is 2. The minimum atomic E-state index is -4.78. The number of halogens is 6. The van der Waals surface area contributed by atoms with Crippen molar-refractivity contribution < 1.29 is 26.7 Å². The third-order valence-electron chi connectivity index (χ3n) is 2.05. The van der Waals surface area contributed by atoms with Crippen molar-refractivity contribution in [1.82, 2.24) is 9.99 Å². The molecule has 0 radical (unpaired) electrons. The predicted molar refractivity (Wildman–Crippen MR) is 55.1 cm³/mol. The summed E-state index contributed by atoms with van der Waals surface area (Å²) in [6.07, 6.45) is -4.61. The molecule has 0 aromatic carbocycles. The predicted octanol–water partition coefficient (Wildman–Crippen LogP) is 2.18. The number of carbonyl (C=O) groups is 1. The first-order valence-corrected chi connectivity index (χ1v) is 4.99. The molecule has 1 aromatic rings. The Morgan fingerprint density at radius 1 is 1.37 bits per heavy atom. The summed E-state index contributed by atoms with van der Waals surface area (Å²) in [7, 11) is 0.855. The molecule has 0 aliphatic heterocycles. The summed E-state index contributed by atoms with van der Waals surface area (Å²) >= 11 is 5.31. The summed E-state index contributed by atoms with van der Waals surface area (Å²) in [4.78, 5) is 14.0. The van der Waals surface area contributed by atoms with Crippen molar-refractivity contribution in [1.29, 1.82) is 0 Å². The van der Waals surface area contributed by atoms with Gasteiger partial charge in [0.05, 0.1) is 10.6 Å². The molecule has 0 aliphatic rings. The number of pyridine rings is 1. The fourth-order valence-corrected chi connectivity index (χ4v) is 1.43. The largest absolute Gasteiger partial charge is 0.417 e. The second-order valence-electron chi connectivity index (χ2n) is 3.54. The maximum Gasteiger partial charge on any atom is 0.417 e. The third-order valence-corrected chi connectivity index (χ3v) is 2.34. The Balaban J connectivity index is 3.27. The Morgan fingerprint density at radius 2 is 1.89 bits per heavy atom. The van der Waals surface area contributed by atoms with E-state index in [0.29, 0.717) is 0 Å². The Labute approximate surface area is 108 Å². The number of nitrogens with two attached hydrogens (primary N) is 1. The summed E-state index contributed by atoms with van der Waals surface area (Å²) < 4.78 is 64.1. The van der Waals surface area contributed by atoms with Crippen LogP contribution in [0.2, 0.25) is 5.02 Å². The third kappa shape index (κ3) is 3.10. The number of hydrazine groups is 1. The number of aromatic nitrogens is 1. The molecule has 0 atom stereocenters. The van der Waals surface area contributed by atoms with Crippen LogP contribution in [0.25, 0.3) is 0 Å². The average Bonchev–Trinajstić information content (AvgIpc) is 2.26. The van der Waals surface area contributed by atoms with Gasteiger partial charge in [0.2, 0.25) is 0 Å². The second-order valence-corrected chi connectivity index (χ2v) is 3.95. The molecule has 2 N–H and O–H groups in total. The summed E-state index contributed by atoms with van der Waals surface area (Å²) in [5.74, 6) is -1.20. The zero-order chi connectivity index (χ0) is 15.0. The zero-order valence-electron chi connectivity index (χ0n) is 9.30. The van der Waals surface area contributed by atoms with Gasteiger partial charge in [-0.3, -0.25) is 14.8 Å². The summed E-state index contributed by atoms with van der Waals surface area (Å²) in [5, 5.41) is -0.884. The van der Waals surface area contributed by atoms with E-state index >= 15 is 0 Å². The van der Waals surface area contributed by atoms with E-state index in [1.165, 1.54) is 0 Å². The first kappa shape index (κ1) is 15.6. The van der Waals surface area contributed by atoms with Gasteiger partial charge in [-0.1, -0.05) is 11.6 Å². The molecule has 0 bridgehead atoms. The molecule has 106 valence electrons. The number of likely N-dealkylation sites (N-methyl/N-ethyl adjacent to an activating group) is 1. The lowest BCUT2D eigenvalue weighted by atomic mass is 10.1. The second kappa shape index (κ2) is 4.89. The topological polar surface area (TPSA) is 59.2 Å². The maximum atomic E-state index is 13.6. The highest BCUT2D eigenvalue weighted by molar-refractivity contribution is 6.31. The smallest absolute Gasteiger partial charge is 0.278 e. The van der Waals surface area contributed by atoms with Crippen LogP contribution in [-0.2, 0) is 16.9 Å². The van der Waals surface area contributed by atoms with Crippen LogP contribution in [-0.4, -0.2) is 22.9 Å². The number of nitrogens with zero attached hydrogens (tertiary/aromatic N) is 2. The molecular weight excluding hydrogens is 297 g/mol. The van der Waals surface area contributed by atoms with Gasteiger partial charge in [0, 0.05) is 13.2 Å². The molecule has 4 nitrogen and oxygen atoms in total. The Kier molecular flexibility index (Phi) is 4.01. The van der Waals surface area contributed by atoms with Crippen molar-refractivity contribution in [3.8, 4) is 0 Å². The van der Waals surface area contributed by atoms with E-state index in [9.17, 15) is 26.7 Å². The van der Waals surface area contributed by atoms with Crippen LogP contribution in [0.15, 0.2) is 12.3 Å². The fourth-order valence-electron chi connectivity index (χ4n) is 1.15. The standard InChI is InChI=1S/C9H7ClF5N3O/c1-18(16)7(19)8(11,12)6-5(10)2-4(3-17-6)9(13,14)15/h2-3H,16H2,1H3. The van der Waals surface area contributed by atoms with Crippen LogP contribution in [0.3, 0.4) is 0 Å². The molecule has 1 aromatic heterocycles. The van der Waals surface area contributed by atoms with Gasteiger partial charge < -0.3 is 0 Å². The highest BCUT2D eigenvalue weighted by Crippen LogP contribution is 2.36. The van der Waals surface area contributed by atoms with Gasteiger partial charge in [0.1, 0.15) is 5.69 Å². The van der Waals surface area contributed by atoms with Crippen LogP contribution >= 0.6 is 11.6 Å². The van der Waals surface area contributed by atoms with Gasteiger partial charge >= 0.3 is 18.0 Å². The lowest BCUT2D eigenvalue weighted by molar-refractivity contribution is -0.158. The molecule has 0 unspecified atom stereocenters. The van der Waals surface area contributed by atoms with Crippen molar-refractivity contribution in [2.24, 2.45) is 5.84 Å². The van der Waals surface area contributed by atoms with Crippen molar-refractivity contribution in [3.63, 3.8) is 0 Å². The van der Waals surface area contributed by atoms with E-state index in [1.807, 2.05) is 0 Å². The normalized spacial score (nSPS) is 12.4. The van der Waals surface area contributed by atoms with Crippen LogP contribution < -0.4 is 5.84 Å². The van der Waals surface area contributed by atoms with Gasteiger partial charge in [0.15, 0.2) is 0 Å². The number of amides is 1. The first-order valence-electron chi connectivity index (χ1n) is 4.61. The van der Waals surface area contributed by atoms with E-state index < -0.39 is 34.3 Å². The van der Waals surface area contributed by atoms with Crippen LogP contribution in [0.1, 0.15) is 11.3 Å². The lowest BCUT2D eigenvalue weighted by Crippen LogP contribution is -2.44. The molecular formula is C9H7ClF5N3O. The van der Waals surface area contributed by atoms with Gasteiger partial charge in [-0.25, -0.2) is 5.84 Å². The molecule has 0 aliphatic carbocycles. The molecule has 0 spiro atoms. The van der Waals surface area contributed by atoms with Crippen molar-refractivity contribution in [3.05, 3.63) is 28.5 Å². The molecule has 1 heterocycles. The molecule has 0 saturated heterocycles. The minimum Gasteiger partial charge on any atom is -0.278 e. The molecule has 10 heteroatoms. The van der Waals surface area contributed by atoms with Crippen molar-refractivity contribution >= 4 is 17.5 Å². The van der Waals surface area contributed by atoms with Crippen LogP contribution in [0.4, 0.5) is 22.0 Å². The first-order chi connectivity index (χ1) is 8.48.